The second kappa shape index (κ2) is 6.20. The third-order valence-electron chi connectivity index (χ3n) is 2.75. The molecule has 0 saturated heterocycles. The number of rotatable bonds is 5. The maximum absolute atomic E-state index is 12.8. The second-order valence-corrected chi connectivity index (χ2v) is 4.05. The van der Waals surface area contributed by atoms with Crippen LogP contribution < -0.4 is 9.47 Å². The first kappa shape index (κ1) is 13.4. The SMILES string of the molecule is COc1ccc(CO)c(OCc2ccc(F)cc2)c1. The fourth-order valence-corrected chi connectivity index (χ4v) is 1.67. The minimum Gasteiger partial charge on any atom is -0.497 e. The molecule has 2 aromatic rings. The molecule has 100 valence electrons. The molecule has 0 bridgehead atoms. The Labute approximate surface area is 111 Å². The van der Waals surface area contributed by atoms with Crippen molar-refractivity contribution < 1.29 is 19.0 Å². The van der Waals surface area contributed by atoms with Crippen LogP contribution in [0.1, 0.15) is 11.1 Å². The van der Waals surface area contributed by atoms with E-state index in [1.165, 1.54) is 12.1 Å². The Morgan fingerprint density at radius 1 is 1.11 bits per heavy atom. The van der Waals surface area contributed by atoms with Gasteiger partial charge in [0.15, 0.2) is 0 Å². The molecule has 0 aliphatic rings. The standard InChI is InChI=1S/C15H15FO3/c1-18-14-7-4-12(9-17)15(8-14)19-10-11-2-5-13(16)6-3-11/h2-8,17H,9-10H2,1H3. The van der Waals surface area contributed by atoms with Gasteiger partial charge in [-0.2, -0.15) is 0 Å². The zero-order valence-electron chi connectivity index (χ0n) is 10.6. The molecule has 0 saturated carbocycles. The molecular formula is C15H15FO3. The topological polar surface area (TPSA) is 38.7 Å². The predicted molar refractivity (Wildman–Crippen MR) is 69.6 cm³/mol. The number of ether oxygens (including phenoxy) is 2. The summed E-state index contributed by atoms with van der Waals surface area (Å²) in [5.41, 5.74) is 1.54. The van der Waals surface area contributed by atoms with Crippen LogP contribution >= 0.6 is 0 Å². The van der Waals surface area contributed by atoms with Crippen LogP contribution in [0, 0.1) is 5.82 Å². The van der Waals surface area contributed by atoms with Crippen LogP contribution in [-0.4, -0.2) is 12.2 Å². The van der Waals surface area contributed by atoms with Gasteiger partial charge in [0, 0.05) is 11.6 Å². The van der Waals surface area contributed by atoms with Crippen molar-refractivity contribution in [3.05, 3.63) is 59.4 Å². The molecular weight excluding hydrogens is 247 g/mol. The largest absolute Gasteiger partial charge is 0.497 e. The Kier molecular flexibility index (Phi) is 4.36. The zero-order chi connectivity index (χ0) is 13.7. The number of hydrogen-bond donors (Lipinski definition) is 1. The Morgan fingerprint density at radius 2 is 1.84 bits per heavy atom. The van der Waals surface area contributed by atoms with Crippen molar-refractivity contribution in [1.82, 2.24) is 0 Å². The van der Waals surface area contributed by atoms with Gasteiger partial charge in [-0.3, -0.25) is 0 Å². The normalized spacial score (nSPS) is 10.3. The summed E-state index contributed by atoms with van der Waals surface area (Å²) in [6.45, 7) is 0.198. The van der Waals surface area contributed by atoms with Crippen LogP contribution in [0.2, 0.25) is 0 Å². The predicted octanol–water partition coefficient (Wildman–Crippen LogP) is 2.91. The van der Waals surface area contributed by atoms with Crippen molar-refractivity contribution in [1.29, 1.82) is 0 Å². The molecule has 0 radical (unpaired) electrons. The highest BCUT2D eigenvalue weighted by molar-refractivity contribution is 5.40. The highest BCUT2D eigenvalue weighted by Crippen LogP contribution is 2.25. The van der Waals surface area contributed by atoms with E-state index in [-0.39, 0.29) is 12.4 Å². The van der Waals surface area contributed by atoms with E-state index in [0.29, 0.717) is 23.7 Å². The van der Waals surface area contributed by atoms with Crippen LogP contribution in [0.4, 0.5) is 4.39 Å². The summed E-state index contributed by atoms with van der Waals surface area (Å²) in [6.07, 6.45) is 0. The summed E-state index contributed by atoms with van der Waals surface area (Å²) < 4.78 is 23.5. The summed E-state index contributed by atoms with van der Waals surface area (Å²) in [5, 5.41) is 9.25. The van der Waals surface area contributed by atoms with Gasteiger partial charge < -0.3 is 14.6 Å². The number of aliphatic hydroxyl groups is 1. The highest BCUT2D eigenvalue weighted by atomic mass is 19.1. The lowest BCUT2D eigenvalue weighted by Gasteiger charge is -2.11. The first-order chi connectivity index (χ1) is 9.22. The van der Waals surface area contributed by atoms with Crippen LogP contribution in [0.25, 0.3) is 0 Å². The summed E-state index contributed by atoms with van der Waals surface area (Å²) in [4.78, 5) is 0. The second-order valence-electron chi connectivity index (χ2n) is 4.05. The van der Waals surface area contributed by atoms with Gasteiger partial charge in [0.2, 0.25) is 0 Å². The van der Waals surface area contributed by atoms with Gasteiger partial charge >= 0.3 is 0 Å². The van der Waals surface area contributed by atoms with Crippen LogP contribution in [-0.2, 0) is 13.2 Å². The number of halogens is 1. The lowest BCUT2D eigenvalue weighted by molar-refractivity contribution is 0.258. The van der Waals surface area contributed by atoms with Gasteiger partial charge in [-0.05, 0) is 29.8 Å². The number of aliphatic hydroxyl groups excluding tert-OH is 1. The van der Waals surface area contributed by atoms with Crippen molar-refractivity contribution in [3.8, 4) is 11.5 Å². The summed E-state index contributed by atoms with van der Waals surface area (Å²) in [5.74, 6) is 0.943. The van der Waals surface area contributed by atoms with Gasteiger partial charge in [-0.15, -0.1) is 0 Å². The molecule has 2 rings (SSSR count). The summed E-state index contributed by atoms with van der Waals surface area (Å²) in [7, 11) is 1.57. The molecule has 0 aliphatic heterocycles. The molecule has 0 atom stereocenters. The first-order valence-electron chi connectivity index (χ1n) is 5.88. The summed E-state index contributed by atoms with van der Waals surface area (Å²) in [6, 6.07) is 11.3. The molecule has 0 amide bonds. The monoisotopic (exact) mass is 262 g/mol. The van der Waals surface area contributed by atoms with Crippen molar-refractivity contribution in [2.75, 3.05) is 7.11 Å². The Hall–Kier alpha value is -2.07. The number of benzene rings is 2. The maximum Gasteiger partial charge on any atom is 0.129 e. The molecule has 0 aliphatic carbocycles. The van der Waals surface area contributed by atoms with Gasteiger partial charge in [0.1, 0.15) is 23.9 Å². The van der Waals surface area contributed by atoms with Crippen LogP contribution in [0.3, 0.4) is 0 Å². The van der Waals surface area contributed by atoms with Gasteiger partial charge in [0.05, 0.1) is 13.7 Å². The van der Waals surface area contributed by atoms with Crippen molar-refractivity contribution in [2.45, 2.75) is 13.2 Å². The fraction of sp³-hybridized carbons (Fsp3) is 0.200. The van der Waals surface area contributed by atoms with Crippen LogP contribution in [0.5, 0.6) is 11.5 Å². The minimum absolute atomic E-state index is 0.108. The van der Waals surface area contributed by atoms with E-state index in [2.05, 4.69) is 0 Å². The average molecular weight is 262 g/mol. The third-order valence-corrected chi connectivity index (χ3v) is 2.75. The molecule has 0 unspecified atom stereocenters. The lowest BCUT2D eigenvalue weighted by Crippen LogP contribution is -1.99. The molecule has 0 aromatic heterocycles. The minimum atomic E-state index is -0.277. The van der Waals surface area contributed by atoms with E-state index in [9.17, 15) is 9.50 Å². The van der Waals surface area contributed by atoms with Crippen molar-refractivity contribution in [2.24, 2.45) is 0 Å². The fourth-order valence-electron chi connectivity index (χ4n) is 1.67. The van der Waals surface area contributed by atoms with E-state index in [1.807, 2.05) is 0 Å². The number of methoxy groups -OCH3 is 1. The summed E-state index contributed by atoms with van der Waals surface area (Å²) >= 11 is 0. The first-order valence-corrected chi connectivity index (χ1v) is 5.88. The van der Waals surface area contributed by atoms with Crippen molar-refractivity contribution in [3.63, 3.8) is 0 Å². The van der Waals surface area contributed by atoms with E-state index < -0.39 is 0 Å². The average Bonchev–Trinajstić information content (AvgIpc) is 2.46. The highest BCUT2D eigenvalue weighted by Gasteiger charge is 2.05. The Bertz CT molecular complexity index is 538. The van der Waals surface area contributed by atoms with Gasteiger partial charge in [-0.25, -0.2) is 4.39 Å². The maximum atomic E-state index is 12.8. The van der Waals surface area contributed by atoms with E-state index in [4.69, 9.17) is 9.47 Å². The quantitative estimate of drug-likeness (QED) is 0.900. The molecule has 1 N–H and O–H groups in total. The van der Waals surface area contributed by atoms with E-state index in [1.54, 1.807) is 37.4 Å². The Balaban J connectivity index is 2.11. The number of hydrogen-bond acceptors (Lipinski definition) is 3. The molecule has 19 heavy (non-hydrogen) atoms. The lowest BCUT2D eigenvalue weighted by atomic mass is 10.2. The van der Waals surface area contributed by atoms with Crippen molar-refractivity contribution >= 4 is 0 Å². The molecule has 3 nitrogen and oxygen atoms in total. The molecule has 2 aromatic carbocycles. The zero-order valence-corrected chi connectivity index (χ0v) is 10.6. The van der Waals surface area contributed by atoms with E-state index in [0.717, 1.165) is 5.56 Å². The van der Waals surface area contributed by atoms with Gasteiger partial charge in [-0.1, -0.05) is 12.1 Å². The molecule has 0 spiro atoms. The smallest absolute Gasteiger partial charge is 0.129 e. The molecule has 0 heterocycles. The molecule has 4 heteroatoms. The Morgan fingerprint density at radius 3 is 2.47 bits per heavy atom. The van der Waals surface area contributed by atoms with E-state index >= 15 is 0 Å². The van der Waals surface area contributed by atoms with Gasteiger partial charge in [0.25, 0.3) is 0 Å². The third kappa shape index (κ3) is 3.45. The van der Waals surface area contributed by atoms with Crippen LogP contribution in [0.15, 0.2) is 42.5 Å². The molecule has 0 fully saturated rings.